The SMILES string of the molecule is CCCCCCCCCCCCOC(=O)C=CC(=O)[O-].CCCCCCCCCCCCOC(=O)C=CC(=O)[O-].[Ca+2]. The van der Waals surface area contributed by atoms with Crippen molar-refractivity contribution in [2.75, 3.05) is 13.2 Å². The van der Waals surface area contributed by atoms with Crippen molar-refractivity contribution >= 4 is 61.6 Å². The topological polar surface area (TPSA) is 133 Å². The second-order valence-electron chi connectivity index (χ2n) is 10.0. The molecule has 9 heteroatoms. The van der Waals surface area contributed by atoms with Crippen LogP contribution in [0.1, 0.15) is 142 Å². The maximum atomic E-state index is 11.0. The van der Waals surface area contributed by atoms with Crippen LogP contribution < -0.4 is 10.2 Å². The van der Waals surface area contributed by atoms with Crippen LogP contribution in [0.4, 0.5) is 0 Å². The van der Waals surface area contributed by atoms with Crippen molar-refractivity contribution in [3.8, 4) is 0 Å². The van der Waals surface area contributed by atoms with Crippen LogP contribution in [0.5, 0.6) is 0 Å². The van der Waals surface area contributed by atoms with Crippen LogP contribution >= 0.6 is 0 Å². The van der Waals surface area contributed by atoms with Crippen LogP contribution in [-0.4, -0.2) is 74.8 Å². The Morgan fingerprint density at radius 1 is 0.439 bits per heavy atom. The Morgan fingerprint density at radius 2 is 0.683 bits per heavy atom. The summed E-state index contributed by atoms with van der Waals surface area (Å²) in [4.78, 5) is 42.1. The van der Waals surface area contributed by atoms with Crippen molar-refractivity contribution < 1.29 is 38.9 Å². The molecule has 0 fully saturated rings. The first kappa shape index (κ1) is 44.1. The van der Waals surface area contributed by atoms with E-state index < -0.39 is 23.9 Å². The molecule has 0 saturated carbocycles. The summed E-state index contributed by atoms with van der Waals surface area (Å²) >= 11 is 0. The molecular formula is C32H54CaO8. The second-order valence-corrected chi connectivity index (χ2v) is 10.0. The van der Waals surface area contributed by atoms with E-state index in [-0.39, 0.29) is 37.7 Å². The van der Waals surface area contributed by atoms with Gasteiger partial charge in [0, 0.05) is 12.2 Å². The summed E-state index contributed by atoms with van der Waals surface area (Å²) in [6.45, 7) is 5.15. The van der Waals surface area contributed by atoms with Gasteiger partial charge >= 0.3 is 49.7 Å². The summed E-state index contributed by atoms with van der Waals surface area (Å²) in [5.74, 6) is -4.02. The van der Waals surface area contributed by atoms with E-state index in [4.69, 9.17) is 9.47 Å². The van der Waals surface area contributed by atoms with Gasteiger partial charge in [0.1, 0.15) is 0 Å². The van der Waals surface area contributed by atoms with Gasteiger partial charge in [-0.1, -0.05) is 129 Å². The summed E-state index contributed by atoms with van der Waals surface area (Å²) in [5.41, 5.74) is 0. The molecule has 0 aromatic carbocycles. The maximum absolute atomic E-state index is 11.0. The number of carboxylic acids is 2. The van der Waals surface area contributed by atoms with Gasteiger partial charge in [0.15, 0.2) is 0 Å². The summed E-state index contributed by atoms with van der Waals surface area (Å²) in [6, 6.07) is 0. The molecule has 0 aromatic heterocycles. The van der Waals surface area contributed by atoms with Gasteiger partial charge in [-0.2, -0.15) is 0 Å². The summed E-state index contributed by atoms with van der Waals surface area (Å²) < 4.78 is 9.70. The molecule has 41 heavy (non-hydrogen) atoms. The van der Waals surface area contributed by atoms with Crippen LogP contribution in [0.3, 0.4) is 0 Å². The molecule has 0 aliphatic heterocycles. The summed E-state index contributed by atoms with van der Waals surface area (Å²) in [6.07, 6.45) is 27.6. The van der Waals surface area contributed by atoms with Gasteiger partial charge in [0.05, 0.1) is 25.2 Å². The van der Waals surface area contributed by atoms with E-state index in [0.717, 1.165) is 37.8 Å². The number of carboxylic acid groups (broad SMARTS) is 2. The Balaban J connectivity index is -0.000000688. The molecule has 0 amide bonds. The van der Waals surface area contributed by atoms with Gasteiger partial charge in [-0.05, 0) is 25.0 Å². The molecule has 0 heterocycles. The molecule has 0 atom stereocenters. The van der Waals surface area contributed by atoms with E-state index in [1.807, 2.05) is 0 Å². The maximum Gasteiger partial charge on any atom is 2.00 e. The normalized spacial score (nSPS) is 10.6. The standard InChI is InChI=1S/2C16H28O4.Ca/c2*1-2-3-4-5-6-7-8-9-10-11-14-20-16(19)13-12-15(17)18;/h2*12-13H,2-11,14H2,1H3,(H,17,18);/q;;+2/p-2. The van der Waals surface area contributed by atoms with Crippen LogP contribution in [0, 0.1) is 0 Å². The average molecular weight is 607 g/mol. The van der Waals surface area contributed by atoms with Crippen molar-refractivity contribution in [3.05, 3.63) is 24.3 Å². The molecule has 0 unspecified atom stereocenters. The smallest absolute Gasteiger partial charge is 0.545 e. The molecule has 0 radical (unpaired) electrons. The minimum Gasteiger partial charge on any atom is -0.545 e. The van der Waals surface area contributed by atoms with Crippen LogP contribution in [0.2, 0.25) is 0 Å². The van der Waals surface area contributed by atoms with E-state index in [1.165, 1.54) is 103 Å². The number of ether oxygens (including phenoxy) is 2. The minimum absolute atomic E-state index is 0. The number of hydrogen-bond acceptors (Lipinski definition) is 8. The molecular weight excluding hydrogens is 552 g/mol. The zero-order valence-corrected chi connectivity index (χ0v) is 28.0. The fourth-order valence-corrected chi connectivity index (χ4v) is 3.89. The van der Waals surface area contributed by atoms with Gasteiger partial charge in [-0.25, -0.2) is 9.59 Å². The largest absolute Gasteiger partial charge is 2.00 e. The Labute approximate surface area is 278 Å². The van der Waals surface area contributed by atoms with E-state index in [2.05, 4.69) is 13.8 Å². The fraction of sp³-hybridized carbons (Fsp3) is 0.750. The molecule has 0 spiro atoms. The quantitative estimate of drug-likeness (QED) is 0.0573. The van der Waals surface area contributed by atoms with E-state index in [1.54, 1.807) is 0 Å². The predicted octanol–water partition coefficient (Wildman–Crippen LogP) is 5.13. The Bertz CT molecular complexity index is 633. The fourth-order valence-electron chi connectivity index (χ4n) is 3.89. The first-order chi connectivity index (χ1) is 19.3. The zero-order chi connectivity index (χ0) is 30.1. The number of rotatable bonds is 26. The van der Waals surface area contributed by atoms with Crippen molar-refractivity contribution in [3.63, 3.8) is 0 Å². The van der Waals surface area contributed by atoms with E-state index in [0.29, 0.717) is 25.4 Å². The van der Waals surface area contributed by atoms with Crippen molar-refractivity contribution in [2.45, 2.75) is 142 Å². The van der Waals surface area contributed by atoms with Crippen molar-refractivity contribution in [2.24, 2.45) is 0 Å². The molecule has 0 aromatic rings. The van der Waals surface area contributed by atoms with Gasteiger partial charge in [-0.15, -0.1) is 0 Å². The van der Waals surface area contributed by atoms with Crippen LogP contribution in [-0.2, 0) is 28.7 Å². The predicted molar refractivity (Wildman–Crippen MR) is 160 cm³/mol. The molecule has 0 N–H and O–H groups in total. The van der Waals surface area contributed by atoms with Crippen LogP contribution in [0.25, 0.3) is 0 Å². The van der Waals surface area contributed by atoms with Gasteiger partial charge in [-0.3, -0.25) is 0 Å². The molecule has 8 nitrogen and oxygen atoms in total. The van der Waals surface area contributed by atoms with E-state index in [9.17, 15) is 29.4 Å². The second kappa shape index (κ2) is 36.6. The first-order valence-electron chi connectivity index (χ1n) is 15.4. The van der Waals surface area contributed by atoms with Crippen molar-refractivity contribution in [1.29, 1.82) is 0 Å². The monoisotopic (exact) mass is 606 g/mol. The third-order valence-corrected chi connectivity index (χ3v) is 6.20. The van der Waals surface area contributed by atoms with Gasteiger partial charge in [0.25, 0.3) is 0 Å². The van der Waals surface area contributed by atoms with E-state index >= 15 is 0 Å². The van der Waals surface area contributed by atoms with Gasteiger partial charge in [0.2, 0.25) is 0 Å². The molecule has 0 bridgehead atoms. The van der Waals surface area contributed by atoms with Crippen molar-refractivity contribution in [1.82, 2.24) is 0 Å². The number of unbranched alkanes of at least 4 members (excludes halogenated alkanes) is 18. The number of carbonyl (C=O) groups excluding carboxylic acids is 4. The average Bonchev–Trinajstić information content (AvgIpc) is 2.92. The number of aliphatic carboxylic acids is 2. The summed E-state index contributed by atoms with van der Waals surface area (Å²) in [5, 5.41) is 20.1. The third-order valence-electron chi connectivity index (χ3n) is 6.20. The number of esters is 2. The Kier molecular flexibility index (Phi) is 39.4. The molecule has 0 aliphatic rings. The molecule has 0 rings (SSSR count). The molecule has 232 valence electrons. The Morgan fingerprint density at radius 3 is 0.927 bits per heavy atom. The third kappa shape index (κ3) is 43.2. The molecule has 0 aliphatic carbocycles. The summed E-state index contributed by atoms with van der Waals surface area (Å²) in [7, 11) is 0. The molecule has 0 saturated heterocycles. The minimum atomic E-state index is -1.39. The van der Waals surface area contributed by atoms with Crippen LogP contribution in [0.15, 0.2) is 24.3 Å². The Hall–Kier alpha value is -1.38. The van der Waals surface area contributed by atoms with Gasteiger partial charge < -0.3 is 29.3 Å². The zero-order valence-electron chi connectivity index (χ0n) is 25.8. The first-order valence-corrected chi connectivity index (χ1v) is 15.4. The number of hydrogen-bond donors (Lipinski definition) is 0. The number of carbonyl (C=O) groups is 4.